The van der Waals surface area contributed by atoms with Crippen LogP contribution in [0.5, 0.6) is 0 Å². The summed E-state index contributed by atoms with van der Waals surface area (Å²) in [6.45, 7) is 0. The molecule has 0 aromatic heterocycles. The van der Waals surface area contributed by atoms with Gasteiger partial charge in [0.05, 0.1) is 26.6 Å². The molecule has 0 spiro atoms. The minimum absolute atomic E-state index is 0.0187. The van der Waals surface area contributed by atoms with Gasteiger partial charge in [-0.05, 0) is 59.9 Å². The van der Waals surface area contributed by atoms with Crippen molar-refractivity contribution in [2.45, 2.75) is 23.3 Å². The fraction of sp³-hybridized carbons (Fsp3) is 0.167. The smallest absolute Gasteiger partial charge is 0.269 e. The van der Waals surface area contributed by atoms with Gasteiger partial charge in [0, 0.05) is 28.8 Å². The zero-order valence-corrected chi connectivity index (χ0v) is 19.9. The lowest BCUT2D eigenvalue weighted by Gasteiger charge is -2.37. The van der Waals surface area contributed by atoms with Crippen LogP contribution in [0.15, 0.2) is 77.7 Å². The predicted octanol–water partition coefficient (Wildman–Crippen LogP) is 6.53. The maximum absolute atomic E-state index is 13.1. The summed E-state index contributed by atoms with van der Waals surface area (Å²) >= 11 is 12.1. The van der Waals surface area contributed by atoms with Crippen LogP contribution in [0.25, 0.3) is 0 Å². The molecule has 174 valence electrons. The molecule has 0 saturated carbocycles. The van der Waals surface area contributed by atoms with E-state index in [-0.39, 0.29) is 39.2 Å². The normalized spacial score (nSPS) is 20.8. The first-order valence-electron chi connectivity index (χ1n) is 10.5. The van der Waals surface area contributed by atoms with Crippen molar-refractivity contribution >= 4 is 50.3 Å². The molecule has 1 heterocycles. The molecule has 0 saturated heterocycles. The Morgan fingerprint density at radius 2 is 1.88 bits per heavy atom. The zero-order valence-electron chi connectivity index (χ0n) is 17.6. The monoisotopic (exact) mass is 515 g/mol. The van der Waals surface area contributed by atoms with Gasteiger partial charge < -0.3 is 5.32 Å². The summed E-state index contributed by atoms with van der Waals surface area (Å²) < 4.78 is 28.7. The fourth-order valence-electron chi connectivity index (χ4n) is 4.68. The molecule has 2 N–H and O–H groups in total. The van der Waals surface area contributed by atoms with E-state index in [0.717, 1.165) is 23.2 Å². The Morgan fingerprint density at radius 1 is 1.06 bits per heavy atom. The Hall–Kier alpha value is -3.07. The van der Waals surface area contributed by atoms with Crippen molar-refractivity contribution in [3.8, 4) is 0 Å². The van der Waals surface area contributed by atoms with E-state index in [1.54, 1.807) is 30.3 Å². The minimum atomic E-state index is -3.90. The van der Waals surface area contributed by atoms with E-state index in [1.165, 1.54) is 24.3 Å². The molecule has 1 aliphatic carbocycles. The van der Waals surface area contributed by atoms with E-state index < -0.39 is 14.9 Å². The van der Waals surface area contributed by atoms with Crippen molar-refractivity contribution in [3.63, 3.8) is 0 Å². The lowest BCUT2D eigenvalue weighted by Crippen LogP contribution is -2.29. The number of hydrogen-bond acceptors (Lipinski definition) is 5. The summed E-state index contributed by atoms with van der Waals surface area (Å²) in [4.78, 5) is 11.0. The number of hydrogen-bond donors (Lipinski definition) is 2. The third kappa shape index (κ3) is 4.13. The number of halogens is 2. The standard InChI is InChI=1S/C24H19Cl2N3O4S/c25-15-7-9-23(21(26)12-15)28-34(32,33)17-8-10-22-20(13-17)18-5-2-6-19(18)24(27-22)14-3-1-4-16(11-14)29(30)31/h1-5,7-13,18-19,24,27-28H,6H2/t18-,19+,24+/m0/s1. The molecule has 3 aromatic carbocycles. The number of non-ortho nitro benzene ring substituents is 1. The lowest BCUT2D eigenvalue weighted by atomic mass is 9.77. The first kappa shape index (κ1) is 22.7. The Kier molecular flexibility index (Phi) is 5.75. The first-order chi connectivity index (χ1) is 16.2. The van der Waals surface area contributed by atoms with Gasteiger partial charge in [-0.15, -0.1) is 0 Å². The second-order valence-electron chi connectivity index (χ2n) is 8.31. The van der Waals surface area contributed by atoms with Crippen LogP contribution in [0, 0.1) is 16.0 Å². The highest BCUT2D eigenvalue weighted by molar-refractivity contribution is 7.92. The van der Waals surface area contributed by atoms with Crippen LogP contribution in [0.2, 0.25) is 10.0 Å². The summed E-state index contributed by atoms with van der Waals surface area (Å²) in [6, 6.07) is 16.0. The van der Waals surface area contributed by atoms with Crippen LogP contribution < -0.4 is 10.0 Å². The minimum Gasteiger partial charge on any atom is -0.378 e. The van der Waals surface area contributed by atoms with E-state index in [4.69, 9.17) is 23.2 Å². The van der Waals surface area contributed by atoms with Crippen LogP contribution in [-0.4, -0.2) is 13.3 Å². The zero-order chi connectivity index (χ0) is 24.0. The number of nitro groups is 1. The van der Waals surface area contributed by atoms with E-state index in [9.17, 15) is 18.5 Å². The molecular formula is C24H19Cl2N3O4S. The number of rotatable bonds is 5. The Labute approximate surface area is 206 Å². The van der Waals surface area contributed by atoms with Gasteiger partial charge in [0.2, 0.25) is 0 Å². The topological polar surface area (TPSA) is 101 Å². The molecule has 0 fully saturated rings. The SMILES string of the molecule is O=[N+]([O-])c1cccc([C@H]2Nc3ccc(S(=O)(=O)Nc4ccc(Cl)cc4Cl)cc3[C@H]3C=CC[C@H]32)c1. The largest absolute Gasteiger partial charge is 0.378 e. The summed E-state index contributed by atoms with van der Waals surface area (Å²) in [5.41, 5.74) is 2.78. The molecule has 0 radical (unpaired) electrons. The number of nitrogens with one attached hydrogen (secondary N) is 2. The van der Waals surface area contributed by atoms with Gasteiger partial charge in [-0.2, -0.15) is 0 Å². The summed E-state index contributed by atoms with van der Waals surface area (Å²) in [6.07, 6.45) is 4.93. The lowest BCUT2D eigenvalue weighted by molar-refractivity contribution is -0.384. The van der Waals surface area contributed by atoms with Crippen LogP contribution in [0.1, 0.15) is 29.5 Å². The van der Waals surface area contributed by atoms with Gasteiger partial charge in [0.1, 0.15) is 0 Å². The average Bonchev–Trinajstić information content (AvgIpc) is 3.30. The second-order valence-corrected chi connectivity index (χ2v) is 10.8. The number of nitro benzene ring substituents is 1. The van der Waals surface area contributed by atoms with Crippen LogP contribution >= 0.6 is 23.2 Å². The molecule has 2 aliphatic rings. The molecule has 34 heavy (non-hydrogen) atoms. The number of anilines is 2. The highest BCUT2D eigenvalue weighted by Crippen LogP contribution is 2.50. The fourth-order valence-corrected chi connectivity index (χ4v) is 6.30. The van der Waals surface area contributed by atoms with Crippen molar-refractivity contribution in [3.05, 3.63) is 104 Å². The molecule has 5 rings (SSSR count). The molecule has 1 aliphatic heterocycles. The molecule has 10 heteroatoms. The van der Waals surface area contributed by atoms with Crippen LogP contribution in [-0.2, 0) is 10.0 Å². The van der Waals surface area contributed by atoms with Gasteiger partial charge in [-0.25, -0.2) is 8.42 Å². The van der Waals surface area contributed by atoms with Crippen molar-refractivity contribution in [2.75, 3.05) is 10.0 Å². The summed E-state index contributed by atoms with van der Waals surface area (Å²) in [5, 5.41) is 15.3. The van der Waals surface area contributed by atoms with Gasteiger partial charge in [0.25, 0.3) is 15.7 Å². The highest BCUT2D eigenvalue weighted by Gasteiger charge is 2.38. The Balaban J connectivity index is 1.49. The quantitative estimate of drug-likeness (QED) is 0.228. The molecular weight excluding hydrogens is 497 g/mol. The Morgan fingerprint density at radius 3 is 2.65 bits per heavy atom. The number of sulfonamides is 1. The van der Waals surface area contributed by atoms with Crippen LogP contribution in [0.3, 0.4) is 0 Å². The van der Waals surface area contributed by atoms with E-state index in [1.807, 2.05) is 6.07 Å². The van der Waals surface area contributed by atoms with Gasteiger partial charge in [-0.3, -0.25) is 14.8 Å². The maximum atomic E-state index is 13.1. The molecule has 7 nitrogen and oxygen atoms in total. The van der Waals surface area contributed by atoms with Gasteiger partial charge >= 0.3 is 0 Å². The average molecular weight is 516 g/mol. The van der Waals surface area contributed by atoms with Crippen molar-refractivity contribution in [2.24, 2.45) is 5.92 Å². The number of fused-ring (bicyclic) bond motifs is 3. The summed E-state index contributed by atoms with van der Waals surface area (Å²) in [7, 11) is -3.90. The van der Waals surface area contributed by atoms with Crippen molar-refractivity contribution < 1.29 is 13.3 Å². The third-order valence-corrected chi connectivity index (χ3v) is 8.17. The van der Waals surface area contributed by atoms with Crippen molar-refractivity contribution in [1.82, 2.24) is 0 Å². The van der Waals surface area contributed by atoms with E-state index in [0.29, 0.717) is 5.02 Å². The maximum Gasteiger partial charge on any atom is 0.269 e. The number of allylic oxidation sites excluding steroid dienone is 2. The Bertz CT molecular complexity index is 1440. The first-order valence-corrected chi connectivity index (χ1v) is 12.8. The van der Waals surface area contributed by atoms with Crippen molar-refractivity contribution in [1.29, 1.82) is 0 Å². The number of benzene rings is 3. The molecule has 3 aromatic rings. The molecule has 0 unspecified atom stereocenters. The number of nitrogens with zero attached hydrogens (tertiary/aromatic N) is 1. The predicted molar refractivity (Wildman–Crippen MR) is 133 cm³/mol. The second kappa shape index (κ2) is 8.61. The molecule has 3 atom stereocenters. The van der Waals surface area contributed by atoms with E-state index in [2.05, 4.69) is 22.2 Å². The van der Waals surface area contributed by atoms with Crippen LogP contribution in [0.4, 0.5) is 17.1 Å². The van der Waals surface area contributed by atoms with Gasteiger partial charge in [0.15, 0.2) is 0 Å². The summed E-state index contributed by atoms with van der Waals surface area (Å²) in [5.74, 6) is 0.0842. The van der Waals surface area contributed by atoms with E-state index >= 15 is 0 Å². The van der Waals surface area contributed by atoms with Gasteiger partial charge in [-0.1, -0.05) is 47.5 Å². The molecule has 0 amide bonds. The third-order valence-electron chi connectivity index (χ3n) is 6.26. The molecule has 0 bridgehead atoms. The highest BCUT2D eigenvalue weighted by atomic mass is 35.5.